The van der Waals surface area contributed by atoms with E-state index in [4.69, 9.17) is 4.74 Å². The topological polar surface area (TPSA) is 26.3 Å². The van der Waals surface area contributed by atoms with E-state index in [2.05, 4.69) is 15.9 Å². The van der Waals surface area contributed by atoms with Gasteiger partial charge in [-0.3, -0.25) is 4.79 Å². The Morgan fingerprint density at radius 1 is 1.39 bits per heavy atom. The molecule has 1 aromatic heterocycles. The molecule has 0 N–H and O–H groups in total. The molecule has 0 radical (unpaired) electrons. The molecule has 0 fully saturated rings. The number of halogens is 1. The van der Waals surface area contributed by atoms with Crippen molar-refractivity contribution in [3.8, 4) is 5.75 Å². The number of hydrogen-bond donors (Lipinski definition) is 0. The summed E-state index contributed by atoms with van der Waals surface area (Å²) in [6.45, 7) is 2.66. The first-order valence-corrected chi connectivity index (χ1v) is 7.40. The molecular weight excluding hydrogens is 312 g/mol. The molecule has 0 aliphatic rings. The zero-order valence-electron chi connectivity index (χ0n) is 9.98. The van der Waals surface area contributed by atoms with Crippen LogP contribution in [0.15, 0.2) is 39.5 Å². The maximum Gasteiger partial charge on any atom is 0.197 e. The Hall–Kier alpha value is -1.13. The van der Waals surface area contributed by atoms with Crippen LogP contribution in [0.2, 0.25) is 0 Å². The zero-order chi connectivity index (χ0) is 13.0. The lowest BCUT2D eigenvalue weighted by Crippen LogP contribution is -2.05. The van der Waals surface area contributed by atoms with Gasteiger partial charge >= 0.3 is 0 Å². The monoisotopic (exact) mass is 324 g/mol. The maximum absolute atomic E-state index is 12.3. The average molecular weight is 325 g/mol. The Labute approximate surface area is 119 Å². The van der Waals surface area contributed by atoms with Gasteiger partial charge in [-0.25, -0.2) is 0 Å². The van der Waals surface area contributed by atoms with Crippen LogP contribution in [0.25, 0.3) is 0 Å². The molecule has 0 saturated carbocycles. The van der Waals surface area contributed by atoms with Crippen molar-refractivity contribution < 1.29 is 9.53 Å². The Kier molecular flexibility index (Phi) is 4.55. The Balaban J connectivity index is 2.29. The first-order valence-electron chi connectivity index (χ1n) is 5.73. The van der Waals surface area contributed by atoms with E-state index in [-0.39, 0.29) is 5.78 Å². The standard InChI is InChI=1S/C14H13BrO2S/c1-2-7-17-12-6-4-3-5-11(12)14(16)10-8-13(15)18-9-10/h3-6,8-9H,2,7H2,1H3. The molecule has 2 rings (SSSR count). The molecule has 2 aromatic rings. The van der Waals surface area contributed by atoms with E-state index in [1.54, 1.807) is 6.07 Å². The van der Waals surface area contributed by atoms with Gasteiger partial charge in [0.1, 0.15) is 5.75 Å². The summed E-state index contributed by atoms with van der Waals surface area (Å²) in [4.78, 5) is 12.3. The van der Waals surface area contributed by atoms with Gasteiger partial charge in [0.25, 0.3) is 0 Å². The second kappa shape index (κ2) is 6.16. The lowest BCUT2D eigenvalue weighted by atomic mass is 10.1. The summed E-state index contributed by atoms with van der Waals surface area (Å²) in [6, 6.07) is 9.21. The average Bonchev–Trinajstić information content (AvgIpc) is 2.82. The molecular formula is C14H13BrO2S. The van der Waals surface area contributed by atoms with Crippen molar-refractivity contribution in [3.63, 3.8) is 0 Å². The Morgan fingerprint density at radius 2 is 2.17 bits per heavy atom. The SMILES string of the molecule is CCCOc1ccccc1C(=O)c1csc(Br)c1. The predicted octanol–water partition coefficient (Wildman–Crippen LogP) is 4.53. The molecule has 0 unspecified atom stereocenters. The van der Waals surface area contributed by atoms with Crippen LogP contribution in [0.3, 0.4) is 0 Å². The number of carbonyl (C=O) groups excluding carboxylic acids is 1. The Bertz CT molecular complexity index is 548. The molecule has 4 heteroatoms. The lowest BCUT2D eigenvalue weighted by Gasteiger charge is -2.09. The minimum absolute atomic E-state index is 0.00338. The second-order valence-electron chi connectivity index (χ2n) is 3.81. The molecule has 0 spiro atoms. The quantitative estimate of drug-likeness (QED) is 0.755. The molecule has 0 aliphatic heterocycles. The number of hydrogen-bond acceptors (Lipinski definition) is 3. The molecule has 0 bridgehead atoms. The molecule has 0 aliphatic carbocycles. The van der Waals surface area contributed by atoms with E-state index in [0.29, 0.717) is 23.5 Å². The van der Waals surface area contributed by atoms with Crippen molar-refractivity contribution in [1.82, 2.24) is 0 Å². The van der Waals surface area contributed by atoms with E-state index in [0.717, 1.165) is 10.2 Å². The van der Waals surface area contributed by atoms with E-state index in [1.165, 1.54) is 11.3 Å². The highest BCUT2D eigenvalue weighted by molar-refractivity contribution is 9.11. The molecule has 2 nitrogen and oxygen atoms in total. The number of carbonyl (C=O) groups is 1. The van der Waals surface area contributed by atoms with Gasteiger partial charge in [0.2, 0.25) is 0 Å². The van der Waals surface area contributed by atoms with Crippen LogP contribution < -0.4 is 4.74 Å². The number of para-hydroxylation sites is 1. The van der Waals surface area contributed by atoms with Gasteiger partial charge in [-0.1, -0.05) is 19.1 Å². The molecule has 0 saturated heterocycles. The molecule has 94 valence electrons. The van der Waals surface area contributed by atoms with Crippen molar-refractivity contribution in [2.75, 3.05) is 6.61 Å². The minimum atomic E-state index is 0.00338. The van der Waals surface area contributed by atoms with Crippen molar-refractivity contribution in [3.05, 3.63) is 50.6 Å². The van der Waals surface area contributed by atoms with Crippen LogP contribution in [-0.4, -0.2) is 12.4 Å². The summed E-state index contributed by atoms with van der Waals surface area (Å²) in [5.74, 6) is 0.662. The van der Waals surface area contributed by atoms with Gasteiger partial charge in [0, 0.05) is 10.9 Å². The molecule has 0 atom stereocenters. The van der Waals surface area contributed by atoms with Crippen molar-refractivity contribution in [1.29, 1.82) is 0 Å². The highest BCUT2D eigenvalue weighted by Crippen LogP contribution is 2.26. The third-order valence-corrected chi connectivity index (χ3v) is 3.93. The first kappa shape index (κ1) is 13.3. The number of thiophene rings is 1. The van der Waals surface area contributed by atoms with Crippen LogP contribution in [0.5, 0.6) is 5.75 Å². The van der Waals surface area contributed by atoms with Crippen LogP contribution in [0.1, 0.15) is 29.3 Å². The minimum Gasteiger partial charge on any atom is -0.493 e. The zero-order valence-corrected chi connectivity index (χ0v) is 12.4. The maximum atomic E-state index is 12.3. The predicted molar refractivity (Wildman–Crippen MR) is 77.7 cm³/mol. The van der Waals surface area contributed by atoms with Crippen LogP contribution in [-0.2, 0) is 0 Å². The molecule has 1 heterocycles. The van der Waals surface area contributed by atoms with Crippen molar-refractivity contribution in [2.45, 2.75) is 13.3 Å². The summed E-state index contributed by atoms with van der Waals surface area (Å²) >= 11 is 4.87. The van der Waals surface area contributed by atoms with Gasteiger partial charge in [-0.15, -0.1) is 11.3 Å². The number of benzene rings is 1. The van der Waals surface area contributed by atoms with E-state index in [9.17, 15) is 4.79 Å². The van der Waals surface area contributed by atoms with E-state index < -0.39 is 0 Å². The fourth-order valence-corrected chi connectivity index (χ4v) is 2.71. The summed E-state index contributed by atoms with van der Waals surface area (Å²) < 4.78 is 6.56. The van der Waals surface area contributed by atoms with Gasteiger partial charge in [0.15, 0.2) is 5.78 Å². The highest BCUT2D eigenvalue weighted by Gasteiger charge is 2.15. The molecule has 0 amide bonds. The van der Waals surface area contributed by atoms with Gasteiger partial charge < -0.3 is 4.74 Å². The van der Waals surface area contributed by atoms with Gasteiger partial charge in [0.05, 0.1) is 16.0 Å². The van der Waals surface area contributed by atoms with Gasteiger partial charge in [-0.2, -0.15) is 0 Å². The van der Waals surface area contributed by atoms with Crippen molar-refractivity contribution in [2.24, 2.45) is 0 Å². The summed E-state index contributed by atoms with van der Waals surface area (Å²) in [5.41, 5.74) is 1.32. The fraction of sp³-hybridized carbons (Fsp3) is 0.214. The van der Waals surface area contributed by atoms with Crippen LogP contribution in [0.4, 0.5) is 0 Å². The van der Waals surface area contributed by atoms with Crippen LogP contribution >= 0.6 is 27.3 Å². The summed E-state index contributed by atoms with van der Waals surface area (Å²) in [7, 11) is 0. The van der Waals surface area contributed by atoms with Crippen LogP contribution in [0, 0.1) is 0 Å². The summed E-state index contributed by atoms with van der Waals surface area (Å²) in [6.07, 6.45) is 0.923. The second-order valence-corrected chi connectivity index (χ2v) is 6.10. The highest BCUT2D eigenvalue weighted by atomic mass is 79.9. The smallest absolute Gasteiger partial charge is 0.197 e. The van der Waals surface area contributed by atoms with Gasteiger partial charge in [-0.05, 0) is 40.5 Å². The van der Waals surface area contributed by atoms with E-state index in [1.807, 2.05) is 36.6 Å². The fourth-order valence-electron chi connectivity index (χ4n) is 1.58. The van der Waals surface area contributed by atoms with E-state index >= 15 is 0 Å². The number of ketones is 1. The molecule has 18 heavy (non-hydrogen) atoms. The third kappa shape index (κ3) is 3.00. The molecule has 1 aromatic carbocycles. The largest absolute Gasteiger partial charge is 0.493 e. The number of rotatable bonds is 5. The third-order valence-electron chi connectivity index (χ3n) is 2.42. The normalized spacial score (nSPS) is 10.3. The number of ether oxygens (including phenoxy) is 1. The Morgan fingerprint density at radius 3 is 2.83 bits per heavy atom. The summed E-state index contributed by atoms with van der Waals surface area (Å²) in [5, 5.41) is 1.85. The first-order chi connectivity index (χ1) is 8.72. The van der Waals surface area contributed by atoms with Crippen molar-refractivity contribution >= 4 is 33.0 Å². The lowest BCUT2D eigenvalue weighted by molar-refractivity contribution is 0.103.